The number of guanidine groups is 1. The zero-order chi connectivity index (χ0) is 17.9. The van der Waals surface area contributed by atoms with Crippen molar-refractivity contribution in [3.05, 3.63) is 71.5 Å². The van der Waals surface area contributed by atoms with Crippen molar-refractivity contribution in [2.75, 3.05) is 26.2 Å². The first-order chi connectivity index (χ1) is 12.2. The fourth-order valence-corrected chi connectivity index (χ4v) is 2.51. The second kappa shape index (κ2) is 12.6. The predicted octanol–water partition coefficient (Wildman–Crippen LogP) is 3.32. The normalized spacial score (nSPS) is 12.2. The van der Waals surface area contributed by atoms with Gasteiger partial charge in [-0.05, 0) is 36.6 Å². The van der Waals surface area contributed by atoms with Crippen molar-refractivity contribution in [3.63, 3.8) is 0 Å². The Bertz CT molecular complexity index is 650. The lowest BCUT2D eigenvalue weighted by atomic mass is 10.0. The van der Waals surface area contributed by atoms with Crippen LogP contribution in [0.5, 0.6) is 0 Å². The summed E-state index contributed by atoms with van der Waals surface area (Å²) < 4.78 is 12.9. The number of nitrogens with zero attached hydrogens (tertiary/aromatic N) is 1. The molecule has 0 bridgehead atoms. The summed E-state index contributed by atoms with van der Waals surface area (Å²) >= 11 is 0. The third-order valence-corrected chi connectivity index (χ3v) is 3.92. The van der Waals surface area contributed by atoms with Crippen LogP contribution in [0.1, 0.15) is 24.0 Å². The summed E-state index contributed by atoms with van der Waals surface area (Å²) in [5.41, 5.74) is 2.15. The van der Waals surface area contributed by atoms with Gasteiger partial charge in [-0.2, -0.15) is 0 Å². The van der Waals surface area contributed by atoms with Gasteiger partial charge in [0.2, 0.25) is 0 Å². The van der Waals surface area contributed by atoms with Gasteiger partial charge in [0.05, 0.1) is 13.2 Å². The van der Waals surface area contributed by atoms with Crippen LogP contribution in [0.25, 0.3) is 0 Å². The van der Waals surface area contributed by atoms with Crippen molar-refractivity contribution >= 4 is 29.9 Å². The summed E-state index contributed by atoms with van der Waals surface area (Å²) in [5, 5.41) is 16.1. The molecule has 0 saturated heterocycles. The topological polar surface area (TPSA) is 56.7 Å². The van der Waals surface area contributed by atoms with Gasteiger partial charge in [-0.25, -0.2) is 4.39 Å². The zero-order valence-corrected chi connectivity index (χ0v) is 17.3. The van der Waals surface area contributed by atoms with Gasteiger partial charge < -0.3 is 15.7 Å². The van der Waals surface area contributed by atoms with E-state index in [1.54, 1.807) is 12.1 Å². The highest BCUT2D eigenvalue weighted by Crippen LogP contribution is 2.14. The van der Waals surface area contributed by atoms with Crippen LogP contribution in [-0.2, 0) is 6.42 Å². The monoisotopic (exact) mass is 471 g/mol. The Kier molecular flexibility index (Phi) is 10.9. The van der Waals surface area contributed by atoms with E-state index in [1.807, 2.05) is 37.3 Å². The molecule has 2 aromatic rings. The van der Waals surface area contributed by atoms with Crippen molar-refractivity contribution in [1.82, 2.24) is 10.6 Å². The summed E-state index contributed by atoms with van der Waals surface area (Å²) in [4.78, 5) is 4.58. The maximum atomic E-state index is 12.9. The van der Waals surface area contributed by atoms with Gasteiger partial charge in [0.15, 0.2) is 5.96 Å². The van der Waals surface area contributed by atoms with Crippen molar-refractivity contribution in [1.29, 1.82) is 0 Å². The Morgan fingerprint density at radius 1 is 1.08 bits per heavy atom. The van der Waals surface area contributed by atoms with E-state index in [9.17, 15) is 9.50 Å². The molecule has 0 heterocycles. The van der Waals surface area contributed by atoms with Crippen LogP contribution in [0.4, 0.5) is 4.39 Å². The summed E-state index contributed by atoms with van der Waals surface area (Å²) in [7, 11) is 0. The molecule has 142 valence electrons. The predicted molar refractivity (Wildman–Crippen MR) is 116 cm³/mol. The third kappa shape index (κ3) is 7.70. The minimum absolute atomic E-state index is 0. The number of halogens is 2. The van der Waals surface area contributed by atoms with Crippen LogP contribution < -0.4 is 10.6 Å². The van der Waals surface area contributed by atoms with Gasteiger partial charge in [0, 0.05) is 19.0 Å². The first-order valence-corrected chi connectivity index (χ1v) is 8.65. The Morgan fingerprint density at radius 2 is 1.77 bits per heavy atom. The number of nitrogens with one attached hydrogen (secondary N) is 2. The number of aliphatic hydroxyl groups is 1. The van der Waals surface area contributed by atoms with Crippen LogP contribution in [-0.4, -0.2) is 37.3 Å². The number of benzene rings is 2. The van der Waals surface area contributed by atoms with Gasteiger partial charge in [0.25, 0.3) is 0 Å². The van der Waals surface area contributed by atoms with E-state index in [4.69, 9.17) is 0 Å². The van der Waals surface area contributed by atoms with Crippen molar-refractivity contribution in [3.8, 4) is 0 Å². The van der Waals surface area contributed by atoms with Crippen LogP contribution in [0.2, 0.25) is 0 Å². The number of rotatable bonds is 8. The molecule has 0 amide bonds. The van der Waals surface area contributed by atoms with Crippen molar-refractivity contribution in [2.24, 2.45) is 4.99 Å². The molecule has 0 saturated carbocycles. The third-order valence-electron chi connectivity index (χ3n) is 3.92. The number of aliphatic imine (C=N–C) groups is 1. The molecule has 26 heavy (non-hydrogen) atoms. The second-order valence-corrected chi connectivity index (χ2v) is 5.81. The Balaban J connectivity index is 0.00000338. The van der Waals surface area contributed by atoms with Crippen LogP contribution >= 0.6 is 24.0 Å². The van der Waals surface area contributed by atoms with E-state index in [0.29, 0.717) is 13.1 Å². The molecule has 2 rings (SSSR count). The average Bonchev–Trinajstić information content (AvgIpc) is 2.64. The standard InChI is InChI=1S/C20H26FN3O.HI/c1-2-22-20(23-13-12-16-8-10-19(21)11-9-16)24-14-18(15-25)17-6-4-3-5-7-17;/h3-11,18,25H,2,12-15H2,1H3,(H2,22,23,24);1H. The minimum atomic E-state index is -0.220. The number of aliphatic hydroxyl groups excluding tert-OH is 1. The molecular weight excluding hydrogens is 444 g/mol. The summed E-state index contributed by atoms with van der Waals surface area (Å²) in [6.07, 6.45) is 0.785. The molecule has 0 spiro atoms. The maximum absolute atomic E-state index is 12.9. The van der Waals surface area contributed by atoms with Gasteiger partial charge in [-0.1, -0.05) is 42.5 Å². The quantitative estimate of drug-likeness (QED) is 0.315. The van der Waals surface area contributed by atoms with Gasteiger partial charge in [-0.15, -0.1) is 24.0 Å². The molecule has 1 atom stereocenters. The molecule has 0 aromatic heterocycles. The highest BCUT2D eigenvalue weighted by Gasteiger charge is 2.09. The van der Waals surface area contributed by atoms with Crippen molar-refractivity contribution < 1.29 is 9.50 Å². The Hall–Kier alpha value is -1.67. The lowest BCUT2D eigenvalue weighted by molar-refractivity contribution is 0.268. The molecule has 0 radical (unpaired) electrons. The van der Waals surface area contributed by atoms with E-state index in [1.165, 1.54) is 12.1 Å². The molecule has 3 N–H and O–H groups in total. The fourth-order valence-electron chi connectivity index (χ4n) is 2.51. The first kappa shape index (κ1) is 22.4. The molecule has 2 aromatic carbocycles. The zero-order valence-electron chi connectivity index (χ0n) is 15.0. The molecule has 4 nitrogen and oxygen atoms in total. The fraction of sp³-hybridized carbons (Fsp3) is 0.350. The lowest BCUT2D eigenvalue weighted by Crippen LogP contribution is -2.38. The Morgan fingerprint density at radius 3 is 2.38 bits per heavy atom. The summed E-state index contributed by atoms with van der Waals surface area (Å²) in [5.74, 6) is 0.482. The maximum Gasteiger partial charge on any atom is 0.191 e. The van der Waals surface area contributed by atoms with Gasteiger partial charge in [-0.3, -0.25) is 4.99 Å². The van der Waals surface area contributed by atoms with Gasteiger partial charge in [0.1, 0.15) is 5.82 Å². The second-order valence-electron chi connectivity index (χ2n) is 5.81. The minimum Gasteiger partial charge on any atom is -0.396 e. The highest BCUT2D eigenvalue weighted by atomic mass is 127. The molecule has 0 aliphatic rings. The molecular formula is C20H27FIN3O. The number of hydrogen-bond donors (Lipinski definition) is 3. The molecule has 0 fully saturated rings. The van der Waals surface area contributed by atoms with Crippen molar-refractivity contribution in [2.45, 2.75) is 19.3 Å². The molecule has 0 aliphatic heterocycles. The first-order valence-electron chi connectivity index (χ1n) is 8.65. The average molecular weight is 471 g/mol. The summed E-state index contributed by atoms with van der Waals surface area (Å²) in [6, 6.07) is 16.4. The Labute approximate surface area is 172 Å². The smallest absolute Gasteiger partial charge is 0.191 e. The molecule has 0 aliphatic carbocycles. The number of hydrogen-bond acceptors (Lipinski definition) is 2. The van der Waals surface area contributed by atoms with E-state index in [-0.39, 0.29) is 42.3 Å². The SMILES string of the molecule is CCNC(=NCC(CO)c1ccccc1)NCCc1ccc(F)cc1.I. The van der Waals surface area contributed by atoms with E-state index in [0.717, 1.165) is 30.1 Å². The van der Waals surface area contributed by atoms with E-state index < -0.39 is 0 Å². The summed E-state index contributed by atoms with van der Waals surface area (Å²) in [6.45, 7) is 4.04. The van der Waals surface area contributed by atoms with Crippen LogP contribution in [0.15, 0.2) is 59.6 Å². The molecule has 1 unspecified atom stereocenters. The lowest BCUT2D eigenvalue weighted by Gasteiger charge is -2.15. The van der Waals surface area contributed by atoms with Crippen LogP contribution in [0, 0.1) is 5.82 Å². The van der Waals surface area contributed by atoms with Gasteiger partial charge >= 0.3 is 0 Å². The highest BCUT2D eigenvalue weighted by molar-refractivity contribution is 14.0. The largest absolute Gasteiger partial charge is 0.396 e. The van der Waals surface area contributed by atoms with E-state index in [2.05, 4.69) is 15.6 Å². The molecule has 6 heteroatoms. The van der Waals surface area contributed by atoms with Crippen LogP contribution in [0.3, 0.4) is 0 Å². The van der Waals surface area contributed by atoms with E-state index >= 15 is 0 Å².